The van der Waals surface area contributed by atoms with E-state index in [4.69, 9.17) is 0 Å². The van der Waals surface area contributed by atoms with Gasteiger partial charge in [0.2, 0.25) is 5.91 Å². The van der Waals surface area contributed by atoms with Crippen LogP contribution in [0.3, 0.4) is 0 Å². The first-order valence-corrected chi connectivity index (χ1v) is 6.93. The molecule has 0 saturated heterocycles. The van der Waals surface area contributed by atoms with Crippen LogP contribution >= 0.6 is 0 Å². The van der Waals surface area contributed by atoms with Gasteiger partial charge in [-0.15, -0.1) is 0 Å². The van der Waals surface area contributed by atoms with Crippen molar-refractivity contribution in [2.24, 2.45) is 0 Å². The van der Waals surface area contributed by atoms with E-state index in [0.717, 1.165) is 16.8 Å². The number of anilines is 1. The summed E-state index contributed by atoms with van der Waals surface area (Å²) in [6.45, 7) is 5.74. The van der Waals surface area contributed by atoms with Crippen molar-refractivity contribution in [3.05, 3.63) is 51.3 Å². The second kappa shape index (κ2) is 6.38. The first kappa shape index (κ1) is 15.7. The Kier molecular flexibility index (Phi) is 4.55. The molecule has 0 unspecified atom stereocenters. The quantitative estimate of drug-likeness (QED) is 0.679. The van der Waals surface area contributed by atoms with Gasteiger partial charge in [-0.25, -0.2) is 0 Å². The summed E-state index contributed by atoms with van der Waals surface area (Å²) in [7, 11) is 0. The molecule has 0 saturated carbocycles. The van der Waals surface area contributed by atoms with Crippen LogP contribution in [-0.4, -0.2) is 20.6 Å². The zero-order valence-corrected chi connectivity index (χ0v) is 12.8. The molecule has 0 aliphatic heterocycles. The number of para-hydroxylation sites is 1. The molecule has 0 aliphatic carbocycles. The van der Waals surface area contributed by atoms with Crippen LogP contribution in [0.15, 0.2) is 24.4 Å². The van der Waals surface area contributed by atoms with Crippen molar-refractivity contribution in [3.63, 3.8) is 0 Å². The Bertz CT molecular complexity index is 701. The van der Waals surface area contributed by atoms with E-state index in [9.17, 15) is 14.9 Å². The van der Waals surface area contributed by atoms with Crippen LogP contribution in [0.1, 0.15) is 23.2 Å². The maximum Gasteiger partial charge on any atom is 0.309 e. The molecule has 0 radical (unpaired) electrons. The molecule has 1 aromatic carbocycles. The summed E-state index contributed by atoms with van der Waals surface area (Å²) in [5, 5.41) is 17.7. The van der Waals surface area contributed by atoms with Crippen molar-refractivity contribution in [2.45, 2.75) is 33.7 Å². The number of hydrogen-bond acceptors (Lipinski definition) is 4. The molecule has 1 aromatic heterocycles. The summed E-state index contributed by atoms with van der Waals surface area (Å²) in [4.78, 5) is 22.3. The Morgan fingerprint density at radius 3 is 2.50 bits per heavy atom. The zero-order valence-electron chi connectivity index (χ0n) is 12.8. The zero-order chi connectivity index (χ0) is 16.3. The highest BCUT2D eigenvalue weighted by molar-refractivity contribution is 5.92. The molecule has 2 aromatic rings. The van der Waals surface area contributed by atoms with Gasteiger partial charge in [0.1, 0.15) is 11.9 Å². The van der Waals surface area contributed by atoms with E-state index in [1.807, 2.05) is 32.0 Å². The van der Waals surface area contributed by atoms with E-state index < -0.39 is 4.92 Å². The molecule has 1 amide bonds. The van der Waals surface area contributed by atoms with Crippen molar-refractivity contribution in [1.82, 2.24) is 9.78 Å². The van der Waals surface area contributed by atoms with E-state index in [2.05, 4.69) is 10.4 Å². The summed E-state index contributed by atoms with van der Waals surface area (Å²) in [5.41, 5.74) is 3.13. The topological polar surface area (TPSA) is 90.1 Å². The Hall–Kier alpha value is -2.70. The number of rotatable bonds is 5. The van der Waals surface area contributed by atoms with Gasteiger partial charge in [-0.05, 0) is 31.9 Å². The van der Waals surface area contributed by atoms with Crippen molar-refractivity contribution in [1.29, 1.82) is 0 Å². The molecule has 0 fully saturated rings. The lowest BCUT2D eigenvalue weighted by Gasteiger charge is -2.11. The number of aryl methyl sites for hydroxylation is 4. The SMILES string of the molecule is Cc1cccc(C)c1NC(=O)CCn1cc([N+](=O)[O-])c(C)n1. The van der Waals surface area contributed by atoms with Gasteiger partial charge in [0, 0.05) is 18.7 Å². The van der Waals surface area contributed by atoms with Gasteiger partial charge in [0.05, 0.1) is 4.92 Å². The van der Waals surface area contributed by atoms with Gasteiger partial charge >= 0.3 is 5.69 Å². The maximum atomic E-state index is 12.0. The summed E-state index contributed by atoms with van der Waals surface area (Å²) in [6, 6.07) is 5.80. The second-order valence-corrected chi connectivity index (χ2v) is 5.18. The number of carbonyl (C=O) groups is 1. The lowest BCUT2D eigenvalue weighted by molar-refractivity contribution is -0.385. The monoisotopic (exact) mass is 302 g/mol. The highest BCUT2D eigenvalue weighted by Crippen LogP contribution is 2.20. The van der Waals surface area contributed by atoms with E-state index in [1.54, 1.807) is 6.92 Å². The number of nitro groups is 1. The first-order valence-electron chi connectivity index (χ1n) is 6.93. The molecule has 22 heavy (non-hydrogen) atoms. The second-order valence-electron chi connectivity index (χ2n) is 5.18. The minimum Gasteiger partial charge on any atom is -0.326 e. The number of nitrogens with one attached hydrogen (secondary N) is 1. The number of amides is 1. The molecule has 0 spiro atoms. The summed E-state index contributed by atoms with van der Waals surface area (Å²) >= 11 is 0. The Labute approximate surface area is 128 Å². The smallest absolute Gasteiger partial charge is 0.309 e. The van der Waals surface area contributed by atoms with Gasteiger partial charge in [0.25, 0.3) is 0 Å². The lowest BCUT2D eigenvalue weighted by atomic mass is 10.1. The molecule has 2 rings (SSSR count). The predicted molar refractivity (Wildman–Crippen MR) is 82.8 cm³/mol. The molecular formula is C15H18N4O3. The van der Waals surface area contributed by atoms with Crippen LogP contribution in [0.4, 0.5) is 11.4 Å². The molecule has 0 bridgehead atoms. The summed E-state index contributed by atoms with van der Waals surface area (Å²) in [5.74, 6) is -0.145. The fourth-order valence-electron chi connectivity index (χ4n) is 2.23. The van der Waals surface area contributed by atoms with Gasteiger partial charge in [-0.2, -0.15) is 5.10 Å². The Morgan fingerprint density at radius 2 is 1.95 bits per heavy atom. The largest absolute Gasteiger partial charge is 0.326 e. The van der Waals surface area contributed by atoms with E-state index in [0.29, 0.717) is 12.2 Å². The number of carbonyl (C=O) groups excluding carboxylic acids is 1. The molecule has 116 valence electrons. The van der Waals surface area contributed by atoms with Crippen LogP contribution < -0.4 is 5.32 Å². The predicted octanol–water partition coefficient (Wildman–Crippen LogP) is 2.75. The summed E-state index contributed by atoms with van der Waals surface area (Å²) in [6.07, 6.45) is 1.55. The Morgan fingerprint density at radius 1 is 1.32 bits per heavy atom. The molecular weight excluding hydrogens is 284 g/mol. The Balaban J connectivity index is 1.99. The van der Waals surface area contributed by atoms with Crippen LogP contribution in [0.5, 0.6) is 0 Å². The fraction of sp³-hybridized carbons (Fsp3) is 0.333. The molecule has 1 heterocycles. The highest BCUT2D eigenvalue weighted by Gasteiger charge is 2.16. The maximum absolute atomic E-state index is 12.0. The van der Waals surface area contributed by atoms with Crippen molar-refractivity contribution in [2.75, 3.05) is 5.32 Å². The third-order valence-electron chi connectivity index (χ3n) is 3.43. The average molecular weight is 302 g/mol. The van der Waals surface area contributed by atoms with Gasteiger partial charge in [0.15, 0.2) is 0 Å². The van der Waals surface area contributed by atoms with Crippen molar-refractivity contribution < 1.29 is 9.72 Å². The van der Waals surface area contributed by atoms with Crippen LogP contribution in [-0.2, 0) is 11.3 Å². The number of benzene rings is 1. The highest BCUT2D eigenvalue weighted by atomic mass is 16.6. The average Bonchev–Trinajstić information content (AvgIpc) is 2.82. The van der Waals surface area contributed by atoms with E-state index in [-0.39, 0.29) is 18.0 Å². The molecule has 7 heteroatoms. The molecule has 0 aliphatic rings. The fourth-order valence-corrected chi connectivity index (χ4v) is 2.23. The number of nitrogens with zero attached hydrogens (tertiary/aromatic N) is 3. The third kappa shape index (κ3) is 3.49. The lowest BCUT2D eigenvalue weighted by Crippen LogP contribution is -2.16. The standard InChI is InChI=1S/C15H18N4O3/c1-10-5-4-6-11(2)15(10)16-14(20)7-8-18-9-13(19(21)22)12(3)17-18/h4-6,9H,7-8H2,1-3H3,(H,16,20). The van der Waals surface area contributed by atoms with Crippen LogP contribution in [0, 0.1) is 30.9 Å². The van der Waals surface area contributed by atoms with E-state index >= 15 is 0 Å². The van der Waals surface area contributed by atoms with Crippen molar-refractivity contribution in [3.8, 4) is 0 Å². The minimum absolute atomic E-state index is 0.0323. The number of aromatic nitrogens is 2. The van der Waals surface area contributed by atoms with Crippen molar-refractivity contribution >= 4 is 17.3 Å². The normalized spacial score (nSPS) is 10.5. The third-order valence-corrected chi connectivity index (χ3v) is 3.43. The van der Waals surface area contributed by atoms with Crippen LogP contribution in [0.2, 0.25) is 0 Å². The minimum atomic E-state index is -0.477. The molecule has 0 atom stereocenters. The van der Waals surface area contributed by atoms with Crippen LogP contribution in [0.25, 0.3) is 0 Å². The first-order chi connectivity index (χ1) is 10.4. The van der Waals surface area contributed by atoms with E-state index in [1.165, 1.54) is 10.9 Å². The molecule has 7 nitrogen and oxygen atoms in total. The number of hydrogen-bond donors (Lipinski definition) is 1. The van der Waals surface area contributed by atoms with Gasteiger partial charge < -0.3 is 5.32 Å². The molecule has 1 N–H and O–H groups in total. The van der Waals surface area contributed by atoms with Gasteiger partial charge in [-0.3, -0.25) is 19.6 Å². The van der Waals surface area contributed by atoms with Gasteiger partial charge in [-0.1, -0.05) is 18.2 Å². The summed E-state index contributed by atoms with van der Waals surface area (Å²) < 4.78 is 1.43.